The Balaban J connectivity index is 2.63. The van der Waals surface area contributed by atoms with Crippen molar-refractivity contribution in [1.29, 1.82) is 0 Å². The zero-order valence-electron chi connectivity index (χ0n) is 6.18. The quantitative estimate of drug-likeness (QED) is 0.493. The molecule has 56 valence electrons. The number of rotatable bonds is 0. The normalized spacial score (nSPS) is 33.8. The summed E-state index contributed by atoms with van der Waals surface area (Å²) in [6.07, 6.45) is 0.685. The monoisotopic (exact) mass is 141 g/mol. The van der Waals surface area contributed by atoms with Gasteiger partial charge in [-0.25, -0.2) is 0 Å². The Morgan fingerprint density at radius 1 is 1.20 bits per heavy atom. The molecule has 0 aromatic carbocycles. The number of hydrogen-bond donors (Lipinski definition) is 1. The van der Waals surface area contributed by atoms with Crippen molar-refractivity contribution < 1.29 is 9.59 Å². The van der Waals surface area contributed by atoms with E-state index >= 15 is 0 Å². The van der Waals surface area contributed by atoms with E-state index in [0.717, 1.165) is 0 Å². The van der Waals surface area contributed by atoms with E-state index in [-0.39, 0.29) is 23.7 Å². The van der Waals surface area contributed by atoms with Crippen molar-refractivity contribution in [3.05, 3.63) is 0 Å². The minimum absolute atomic E-state index is 0.00676. The fourth-order valence-corrected chi connectivity index (χ4v) is 1.11. The molecule has 0 unspecified atom stereocenters. The zero-order chi connectivity index (χ0) is 7.72. The smallest absolute Gasteiger partial charge is 0.229 e. The number of imide groups is 1. The molecular formula is C7H11NO2. The van der Waals surface area contributed by atoms with E-state index in [1.165, 1.54) is 0 Å². The summed E-state index contributed by atoms with van der Waals surface area (Å²) < 4.78 is 0. The molecule has 1 fully saturated rings. The number of piperidine rings is 1. The Morgan fingerprint density at radius 2 is 1.60 bits per heavy atom. The largest absolute Gasteiger partial charge is 0.296 e. The van der Waals surface area contributed by atoms with Crippen LogP contribution >= 0.6 is 0 Å². The Bertz CT molecular complexity index is 158. The van der Waals surface area contributed by atoms with Crippen LogP contribution in [-0.2, 0) is 9.59 Å². The molecule has 3 nitrogen and oxygen atoms in total. The van der Waals surface area contributed by atoms with E-state index in [1.54, 1.807) is 0 Å². The molecule has 1 aliphatic heterocycles. The second kappa shape index (κ2) is 2.40. The highest BCUT2D eigenvalue weighted by molar-refractivity contribution is 5.99. The van der Waals surface area contributed by atoms with Crippen molar-refractivity contribution in [2.24, 2.45) is 11.8 Å². The lowest BCUT2D eigenvalue weighted by atomic mass is 9.92. The summed E-state index contributed by atoms with van der Waals surface area (Å²) in [5.74, 6) is -0.286. The number of amides is 2. The minimum atomic E-state index is -0.136. The number of carbonyl (C=O) groups is 2. The van der Waals surface area contributed by atoms with E-state index in [9.17, 15) is 9.59 Å². The molecule has 0 spiro atoms. The lowest BCUT2D eigenvalue weighted by Crippen LogP contribution is -2.44. The van der Waals surface area contributed by atoms with Crippen molar-refractivity contribution in [1.82, 2.24) is 5.32 Å². The van der Waals surface area contributed by atoms with Gasteiger partial charge in [0.05, 0.1) is 0 Å². The van der Waals surface area contributed by atoms with Gasteiger partial charge in [-0.1, -0.05) is 13.8 Å². The molecule has 0 aliphatic carbocycles. The van der Waals surface area contributed by atoms with Gasteiger partial charge in [-0.15, -0.1) is 0 Å². The average Bonchev–Trinajstić information content (AvgIpc) is 1.84. The molecule has 0 bridgehead atoms. The van der Waals surface area contributed by atoms with Gasteiger partial charge >= 0.3 is 0 Å². The summed E-state index contributed by atoms with van der Waals surface area (Å²) in [6.45, 7) is 3.66. The van der Waals surface area contributed by atoms with Crippen LogP contribution in [0.2, 0.25) is 0 Å². The molecule has 0 saturated carbocycles. The third-order valence-electron chi connectivity index (χ3n) is 1.85. The van der Waals surface area contributed by atoms with Crippen LogP contribution in [0.5, 0.6) is 0 Å². The standard InChI is InChI=1S/C7H11NO2/c1-4-3-5(2)7(10)8-6(4)9/h4-5H,3H2,1-2H3,(H,8,9,10)/t4-,5-/m0/s1. The second-order valence-electron chi connectivity index (χ2n) is 2.89. The third-order valence-corrected chi connectivity index (χ3v) is 1.85. The Kier molecular flexibility index (Phi) is 1.74. The molecule has 1 heterocycles. The van der Waals surface area contributed by atoms with Crippen molar-refractivity contribution in [3.63, 3.8) is 0 Å². The Hall–Kier alpha value is -0.860. The predicted molar refractivity (Wildman–Crippen MR) is 36.1 cm³/mol. The summed E-state index contributed by atoms with van der Waals surface area (Å²) in [4.78, 5) is 21.6. The van der Waals surface area contributed by atoms with Gasteiger partial charge in [-0.2, -0.15) is 0 Å². The number of carbonyl (C=O) groups excluding carboxylic acids is 2. The maximum Gasteiger partial charge on any atom is 0.229 e. The first-order chi connectivity index (χ1) is 4.61. The highest BCUT2D eigenvalue weighted by Crippen LogP contribution is 2.16. The van der Waals surface area contributed by atoms with Crippen molar-refractivity contribution in [2.45, 2.75) is 20.3 Å². The maximum absolute atomic E-state index is 10.8. The fourth-order valence-electron chi connectivity index (χ4n) is 1.11. The van der Waals surface area contributed by atoms with Crippen molar-refractivity contribution >= 4 is 11.8 Å². The Morgan fingerprint density at radius 3 is 1.90 bits per heavy atom. The van der Waals surface area contributed by atoms with Crippen LogP contribution in [0.25, 0.3) is 0 Å². The SMILES string of the molecule is C[C@H]1C[C@H](C)C(=O)NC1=O. The number of hydrogen-bond acceptors (Lipinski definition) is 2. The van der Waals surface area contributed by atoms with E-state index in [0.29, 0.717) is 6.42 Å². The lowest BCUT2D eigenvalue weighted by molar-refractivity contribution is -0.138. The van der Waals surface area contributed by atoms with Crippen LogP contribution in [0.1, 0.15) is 20.3 Å². The summed E-state index contributed by atoms with van der Waals surface area (Å²) >= 11 is 0. The van der Waals surface area contributed by atoms with Crippen molar-refractivity contribution in [3.8, 4) is 0 Å². The van der Waals surface area contributed by atoms with Crippen LogP contribution in [-0.4, -0.2) is 11.8 Å². The molecule has 3 heteroatoms. The van der Waals surface area contributed by atoms with Crippen molar-refractivity contribution in [2.75, 3.05) is 0 Å². The zero-order valence-corrected chi connectivity index (χ0v) is 6.18. The first-order valence-corrected chi connectivity index (χ1v) is 3.46. The molecule has 1 aliphatic rings. The highest BCUT2D eigenvalue weighted by Gasteiger charge is 2.28. The first kappa shape index (κ1) is 7.25. The van der Waals surface area contributed by atoms with Gasteiger partial charge in [0.15, 0.2) is 0 Å². The minimum Gasteiger partial charge on any atom is -0.296 e. The molecule has 0 aromatic heterocycles. The highest BCUT2D eigenvalue weighted by atomic mass is 16.2. The molecule has 10 heavy (non-hydrogen) atoms. The van der Waals surface area contributed by atoms with Gasteiger partial charge in [0.25, 0.3) is 0 Å². The topological polar surface area (TPSA) is 46.2 Å². The maximum atomic E-state index is 10.8. The molecule has 1 N–H and O–H groups in total. The molecule has 0 aromatic rings. The van der Waals surface area contributed by atoms with E-state index in [4.69, 9.17) is 0 Å². The van der Waals surface area contributed by atoms with Gasteiger partial charge < -0.3 is 0 Å². The van der Waals surface area contributed by atoms with Crippen LogP contribution in [0, 0.1) is 11.8 Å². The summed E-state index contributed by atoms with van der Waals surface area (Å²) in [6, 6.07) is 0. The van der Waals surface area contributed by atoms with Crippen LogP contribution < -0.4 is 5.32 Å². The predicted octanol–water partition coefficient (Wildman–Crippen LogP) is 0.305. The van der Waals surface area contributed by atoms with Gasteiger partial charge in [-0.3, -0.25) is 14.9 Å². The summed E-state index contributed by atoms with van der Waals surface area (Å²) in [5, 5.41) is 2.30. The summed E-state index contributed by atoms with van der Waals surface area (Å²) in [7, 11) is 0. The van der Waals surface area contributed by atoms with E-state index < -0.39 is 0 Å². The number of nitrogens with one attached hydrogen (secondary N) is 1. The Labute approximate surface area is 59.8 Å². The average molecular weight is 141 g/mol. The molecule has 1 saturated heterocycles. The fraction of sp³-hybridized carbons (Fsp3) is 0.714. The van der Waals surface area contributed by atoms with Gasteiger partial charge in [-0.05, 0) is 6.42 Å². The van der Waals surface area contributed by atoms with E-state index in [2.05, 4.69) is 5.32 Å². The molecule has 0 radical (unpaired) electrons. The second-order valence-corrected chi connectivity index (χ2v) is 2.89. The third kappa shape index (κ3) is 1.17. The lowest BCUT2D eigenvalue weighted by Gasteiger charge is -2.21. The van der Waals surface area contributed by atoms with Gasteiger partial charge in [0.1, 0.15) is 0 Å². The van der Waals surface area contributed by atoms with Crippen LogP contribution in [0.15, 0.2) is 0 Å². The molecule has 1 rings (SSSR count). The van der Waals surface area contributed by atoms with Crippen LogP contribution in [0.4, 0.5) is 0 Å². The molecular weight excluding hydrogens is 130 g/mol. The summed E-state index contributed by atoms with van der Waals surface area (Å²) in [5.41, 5.74) is 0. The van der Waals surface area contributed by atoms with Gasteiger partial charge in [0, 0.05) is 11.8 Å². The molecule has 2 amide bonds. The van der Waals surface area contributed by atoms with E-state index in [1.807, 2.05) is 13.8 Å². The molecule has 2 atom stereocenters. The first-order valence-electron chi connectivity index (χ1n) is 3.46. The van der Waals surface area contributed by atoms with Crippen LogP contribution in [0.3, 0.4) is 0 Å². The van der Waals surface area contributed by atoms with Gasteiger partial charge in [0.2, 0.25) is 11.8 Å².